The molecule has 7 nitrogen and oxygen atoms in total. The van der Waals surface area contributed by atoms with Crippen LogP contribution in [-0.4, -0.2) is 58.9 Å². The largest absolute Gasteiger partial charge is 0.335 e. The van der Waals surface area contributed by atoms with Crippen molar-refractivity contribution >= 4 is 11.9 Å². The molecule has 1 saturated carbocycles. The summed E-state index contributed by atoms with van der Waals surface area (Å²) in [7, 11) is 0. The third kappa shape index (κ3) is 3.77. The van der Waals surface area contributed by atoms with E-state index in [4.69, 9.17) is 0 Å². The van der Waals surface area contributed by atoms with Crippen molar-refractivity contribution in [2.75, 3.05) is 26.2 Å². The van der Waals surface area contributed by atoms with E-state index in [1.54, 1.807) is 15.9 Å². The van der Waals surface area contributed by atoms with Gasteiger partial charge in [-0.2, -0.15) is 0 Å². The highest BCUT2D eigenvalue weighted by Crippen LogP contribution is 2.17. The number of aromatic amines is 1. The average molecular weight is 332 g/mol. The first kappa shape index (κ1) is 16.5. The lowest BCUT2D eigenvalue weighted by molar-refractivity contribution is 0.0660. The number of urea groups is 1. The maximum Gasteiger partial charge on any atom is 0.317 e. The number of hydrogen-bond acceptors (Lipinski definition) is 3. The molecule has 2 fully saturated rings. The molecule has 3 rings (SSSR count). The molecular weight excluding hydrogens is 308 g/mol. The fraction of sp³-hybridized carbons (Fsp3) is 0.588. The van der Waals surface area contributed by atoms with Crippen molar-refractivity contribution in [3.8, 4) is 0 Å². The monoisotopic (exact) mass is 332 g/mol. The van der Waals surface area contributed by atoms with Crippen LogP contribution in [0.3, 0.4) is 0 Å². The van der Waals surface area contributed by atoms with Crippen LogP contribution in [0.1, 0.15) is 42.5 Å². The summed E-state index contributed by atoms with van der Waals surface area (Å²) in [5, 5.41) is 3.10. The molecule has 0 spiro atoms. The zero-order chi connectivity index (χ0) is 16.9. The third-order valence-electron chi connectivity index (χ3n) is 4.84. The second kappa shape index (κ2) is 7.51. The number of nitrogens with one attached hydrogen (secondary N) is 2. The fourth-order valence-electron chi connectivity index (χ4n) is 3.39. The van der Waals surface area contributed by atoms with Crippen molar-refractivity contribution in [2.45, 2.75) is 38.1 Å². The Morgan fingerprint density at radius 1 is 1.04 bits per heavy atom. The van der Waals surface area contributed by atoms with Crippen LogP contribution in [0.5, 0.6) is 0 Å². The lowest BCUT2D eigenvalue weighted by Gasteiger charge is -2.36. The van der Waals surface area contributed by atoms with E-state index in [2.05, 4.69) is 10.3 Å². The Morgan fingerprint density at radius 2 is 1.71 bits per heavy atom. The average Bonchev–Trinajstić information content (AvgIpc) is 2.62. The highest BCUT2D eigenvalue weighted by atomic mass is 16.2. The summed E-state index contributed by atoms with van der Waals surface area (Å²) in [6.07, 6.45) is 7.23. The Kier molecular flexibility index (Phi) is 5.17. The number of carbonyl (C=O) groups excluding carboxylic acids is 2. The summed E-state index contributed by atoms with van der Waals surface area (Å²) >= 11 is 0. The smallest absolute Gasteiger partial charge is 0.317 e. The van der Waals surface area contributed by atoms with Crippen LogP contribution >= 0.6 is 0 Å². The number of piperazine rings is 1. The van der Waals surface area contributed by atoms with Gasteiger partial charge in [0.1, 0.15) is 5.56 Å². The van der Waals surface area contributed by atoms with Crippen LogP contribution in [0.15, 0.2) is 23.1 Å². The SMILES string of the molecule is O=C(NC1CCCCC1)N1CCN(C(=O)c2ccc[nH]c2=O)CC1. The zero-order valence-electron chi connectivity index (χ0n) is 13.8. The Bertz CT molecular complexity index is 643. The molecule has 0 radical (unpaired) electrons. The van der Waals surface area contributed by atoms with Gasteiger partial charge in [-0.25, -0.2) is 4.79 Å². The summed E-state index contributed by atoms with van der Waals surface area (Å²) < 4.78 is 0. The molecule has 0 atom stereocenters. The van der Waals surface area contributed by atoms with Crippen LogP contribution in [0.25, 0.3) is 0 Å². The van der Waals surface area contributed by atoms with E-state index < -0.39 is 0 Å². The molecule has 0 unspecified atom stereocenters. The van der Waals surface area contributed by atoms with Gasteiger partial charge in [0.05, 0.1) is 0 Å². The van der Waals surface area contributed by atoms with Crippen LogP contribution in [0.2, 0.25) is 0 Å². The number of rotatable bonds is 2. The van der Waals surface area contributed by atoms with E-state index in [-0.39, 0.29) is 29.1 Å². The molecule has 3 amide bonds. The normalized spacial score (nSPS) is 19.2. The Balaban J connectivity index is 1.52. The first-order valence-corrected chi connectivity index (χ1v) is 8.67. The van der Waals surface area contributed by atoms with Gasteiger partial charge in [-0.1, -0.05) is 19.3 Å². The minimum Gasteiger partial charge on any atom is -0.335 e. The Hall–Kier alpha value is -2.31. The van der Waals surface area contributed by atoms with Crippen LogP contribution in [0, 0.1) is 0 Å². The second-order valence-corrected chi connectivity index (χ2v) is 6.48. The molecule has 0 aromatic carbocycles. The highest BCUT2D eigenvalue weighted by molar-refractivity contribution is 5.94. The molecular formula is C17H24N4O3. The standard InChI is InChI=1S/C17H24N4O3/c22-15-14(7-4-8-18-15)16(23)20-9-11-21(12-10-20)17(24)19-13-5-2-1-3-6-13/h4,7-8,13H,1-3,5-6,9-12H2,(H,18,22)(H,19,24). The van der Waals surface area contributed by atoms with Gasteiger partial charge >= 0.3 is 6.03 Å². The van der Waals surface area contributed by atoms with E-state index in [0.717, 1.165) is 12.8 Å². The zero-order valence-corrected chi connectivity index (χ0v) is 13.8. The van der Waals surface area contributed by atoms with E-state index in [0.29, 0.717) is 26.2 Å². The lowest BCUT2D eigenvalue weighted by atomic mass is 9.96. The number of carbonyl (C=O) groups is 2. The van der Waals surface area contributed by atoms with E-state index in [1.165, 1.54) is 31.5 Å². The minimum absolute atomic E-state index is 0.0356. The maximum atomic E-state index is 12.4. The quantitative estimate of drug-likeness (QED) is 0.852. The molecule has 1 aliphatic heterocycles. The molecule has 1 saturated heterocycles. The summed E-state index contributed by atoms with van der Waals surface area (Å²) in [6.45, 7) is 1.89. The van der Waals surface area contributed by atoms with E-state index >= 15 is 0 Å². The van der Waals surface area contributed by atoms with Gasteiger partial charge in [0.25, 0.3) is 11.5 Å². The van der Waals surface area contributed by atoms with Crippen molar-refractivity contribution in [3.63, 3.8) is 0 Å². The summed E-state index contributed by atoms with van der Waals surface area (Å²) in [5.74, 6) is -0.274. The van der Waals surface area contributed by atoms with Gasteiger partial charge in [-0.3, -0.25) is 9.59 Å². The molecule has 130 valence electrons. The fourth-order valence-corrected chi connectivity index (χ4v) is 3.39. The Morgan fingerprint density at radius 3 is 2.38 bits per heavy atom. The van der Waals surface area contributed by atoms with Gasteiger partial charge in [-0.05, 0) is 25.0 Å². The first-order valence-electron chi connectivity index (χ1n) is 8.67. The second-order valence-electron chi connectivity index (χ2n) is 6.48. The first-order chi connectivity index (χ1) is 11.6. The van der Waals surface area contributed by atoms with Crippen molar-refractivity contribution in [1.29, 1.82) is 0 Å². The van der Waals surface area contributed by atoms with Gasteiger partial charge in [-0.15, -0.1) is 0 Å². The summed E-state index contributed by atoms with van der Waals surface area (Å²) in [6, 6.07) is 3.42. The molecule has 24 heavy (non-hydrogen) atoms. The molecule has 1 aromatic rings. The van der Waals surface area contributed by atoms with Crippen molar-refractivity contribution in [1.82, 2.24) is 20.1 Å². The van der Waals surface area contributed by atoms with Gasteiger partial charge in [0, 0.05) is 38.4 Å². The van der Waals surface area contributed by atoms with Gasteiger partial charge < -0.3 is 20.1 Å². The summed E-state index contributed by atoms with van der Waals surface area (Å²) in [4.78, 5) is 42.3. The number of amides is 3. The summed E-state index contributed by atoms with van der Waals surface area (Å²) in [5.41, 5.74) is -0.224. The maximum absolute atomic E-state index is 12.4. The lowest BCUT2D eigenvalue weighted by Crippen LogP contribution is -2.55. The molecule has 2 heterocycles. The Labute approximate surface area is 141 Å². The van der Waals surface area contributed by atoms with E-state index in [1.807, 2.05) is 0 Å². The third-order valence-corrected chi connectivity index (χ3v) is 4.84. The molecule has 1 aromatic heterocycles. The number of aromatic nitrogens is 1. The number of H-pyrrole nitrogens is 1. The topological polar surface area (TPSA) is 85.5 Å². The number of pyridine rings is 1. The van der Waals surface area contributed by atoms with Crippen LogP contribution < -0.4 is 10.9 Å². The minimum atomic E-state index is -0.375. The predicted octanol–water partition coefficient (Wildman–Crippen LogP) is 1.18. The molecule has 1 aliphatic carbocycles. The predicted molar refractivity (Wildman–Crippen MR) is 89.9 cm³/mol. The molecule has 2 aliphatic rings. The van der Waals surface area contributed by atoms with Gasteiger partial charge in [0.2, 0.25) is 0 Å². The van der Waals surface area contributed by atoms with Crippen molar-refractivity contribution in [2.24, 2.45) is 0 Å². The molecule has 2 N–H and O–H groups in total. The molecule has 0 bridgehead atoms. The van der Waals surface area contributed by atoms with Crippen molar-refractivity contribution < 1.29 is 9.59 Å². The van der Waals surface area contributed by atoms with Crippen LogP contribution in [0.4, 0.5) is 4.79 Å². The van der Waals surface area contributed by atoms with Crippen molar-refractivity contribution in [3.05, 3.63) is 34.2 Å². The number of hydrogen-bond donors (Lipinski definition) is 2. The highest BCUT2D eigenvalue weighted by Gasteiger charge is 2.27. The van der Waals surface area contributed by atoms with Gasteiger partial charge in [0.15, 0.2) is 0 Å². The molecule has 7 heteroatoms. The van der Waals surface area contributed by atoms with E-state index in [9.17, 15) is 14.4 Å². The number of nitrogens with zero attached hydrogens (tertiary/aromatic N) is 2. The van der Waals surface area contributed by atoms with Crippen LogP contribution in [-0.2, 0) is 0 Å².